The summed E-state index contributed by atoms with van der Waals surface area (Å²) in [5.74, 6) is -0.454. The van der Waals surface area contributed by atoms with E-state index >= 15 is 0 Å². The number of aryl methyl sites for hydroxylation is 2. The van der Waals surface area contributed by atoms with E-state index in [0.717, 1.165) is 47.5 Å². The lowest BCUT2D eigenvalue weighted by molar-refractivity contribution is -0.114. The van der Waals surface area contributed by atoms with Crippen LogP contribution in [-0.4, -0.2) is 43.3 Å². The summed E-state index contributed by atoms with van der Waals surface area (Å²) in [4.78, 5) is 62.9. The number of carbonyl (C=O) groups excluding carboxylic acids is 2. The van der Waals surface area contributed by atoms with Gasteiger partial charge in [0.25, 0.3) is 11.1 Å². The van der Waals surface area contributed by atoms with Crippen LogP contribution in [0.2, 0.25) is 10.0 Å². The summed E-state index contributed by atoms with van der Waals surface area (Å²) in [5, 5.41) is 7.15. The predicted octanol–water partition coefficient (Wildman–Crippen LogP) is 6.12. The second kappa shape index (κ2) is 16.6. The number of hydrogen-bond acceptors (Lipinski definition) is 8. The highest BCUT2D eigenvalue weighted by Crippen LogP contribution is 2.28. The summed E-state index contributed by atoms with van der Waals surface area (Å²) in [6, 6.07) is 13.7. The van der Waals surface area contributed by atoms with Crippen molar-refractivity contribution >= 4 is 69.9 Å². The van der Waals surface area contributed by atoms with E-state index in [0.29, 0.717) is 62.4 Å². The molecule has 2 amide bonds. The van der Waals surface area contributed by atoms with Crippen LogP contribution < -0.4 is 21.8 Å². The molecule has 0 aliphatic carbocycles. The van der Waals surface area contributed by atoms with Crippen molar-refractivity contribution in [1.29, 1.82) is 0 Å². The Balaban J connectivity index is 1.29. The molecule has 0 spiro atoms. The molecule has 4 N–H and O–H groups in total. The lowest BCUT2D eigenvalue weighted by atomic mass is 10.0. The number of thioether (sulfide) groups is 2. The van der Waals surface area contributed by atoms with Crippen LogP contribution in [0.15, 0.2) is 68.4 Å². The van der Waals surface area contributed by atoms with Crippen LogP contribution in [0.25, 0.3) is 0 Å². The monoisotopic (exact) mass is 686 g/mol. The van der Waals surface area contributed by atoms with Gasteiger partial charge in [-0.1, -0.05) is 85.5 Å². The van der Waals surface area contributed by atoms with Crippen molar-refractivity contribution in [3.8, 4) is 0 Å². The minimum Gasteiger partial charge on any atom is -0.324 e. The smallest absolute Gasteiger partial charge is 0.251 e. The van der Waals surface area contributed by atoms with Gasteiger partial charge in [-0.15, -0.1) is 0 Å². The summed E-state index contributed by atoms with van der Waals surface area (Å²) < 4.78 is 0. The summed E-state index contributed by atoms with van der Waals surface area (Å²) in [5.41, 5.74) is 3.64. The van der Waals surface area contributed by atoms with Crippen molar-refractivity contribution in [2.24, 2.45) is 0 Å². The van der Waals surface area contributed by atoms with Crippen molar-refractivity contribution in [2.75, 3.05) is 22.1 Å². The van der Waals surface area contributed by atoms with Gasteiger partial charge in [0.05, 0.1) is 32.9 Å². The zero-order valence-electron chi connectivity index (χ0n) is 24.7. The number of halogens is 2. The van der Waals surface area contributed by atoms with Crippen molar-refractivity contribution in [3.05, 3.63) is 102 Å². The standard InChI is InChI=1S/C31H32Cl2N6O4S2/c1-3-5-20-14-26(40)38-30(34-20)44-16-28(42)36-24-9-7-18(12-22(24)32)11-19-8-10-25(23(33)13-19)37-29(43)17-45-31-35-21(6-4-2)15-27(41)39-31/h7-10,12-15H,3-6,11,16-17H2,1-2H3,(H,36,42)(H,37,43)(H,34,38,40)(H,35,39,41). The van der Waals surface area contributed by atoms with E-state index in [4.69, 9.17) is 23.2 Å². The number of aromatic nitrogens is 4. The Kier molecular flexibility index (Phi) is 12.7. The van der Waals surface area contributed by atoms with Gasteiger partial charge >= 0.3 is 0 Å². The van der Waals surface area contributed by atoms with Crippen LogP contribution in [0, 0.1) is 0 Å². The Bertz CT molecular complexity index is 1670. The number of anilines is 2. The van der Waals surface area contributed by atoms with Gasteiger partial charge in [-0.05, 0) is 54.7 Å². The molecule has 4 aromatic rings. The minimum absolute atomic E-state index is 0.0548. The molecule has 2 aromatic heterocycles. The van der Waals surface area contributed by atoms with Crippen molar-refractivity contribution in [1.82, 2.24) is 19.9 Å². The van der Waals surface area contributed by atoms with Gasteiger partial charge in [0.15, 0.2) is 10.3 Å². The Labute approximate surface area is 278 Å². The molecule has 14 heteroatoms. The molecule has 0 saturated carbocycles. The quantitative estimate of drug-likeness (QED) is 0.0916. The lowest BCUT2D eigenvalue weighted by Crippen LogP contribution is -2.16. The average molecular weight is 688 g/mol. The van der Waals surface area contributed by atoms with E-state index in [1.807, 2.05) is 26.0 Å². The molecule has 0 atom stereocenters. The summed E-state index contributed by atoms with van der Waals surface area (Å²) in [6.07, 6.45) is 3.63. The molecule has 0 unspecified atom stereocenters. The first-order valence-electron chi connectivity index (χ1n) is 14.2. The first-order valence-corrected chi connectivity index (χ1v) is 17.0. The largest absolute Gasteiger partial charge is 0.324 e. The zero-order valence-corrected chi connectivity index (χ0v) is 27.8. The summed E-state index contributed by atoms with van der Waals surface area (Å²) in [7, 11) is 0. The number of aromatic amines is 2. The zero-order chi connectivity index (χ0) is 32.3. The second-order valence-electron chi connectivity index (χ2n) is 10.1. The Morgan fingerprint density at radius 1 is 0.711 bits per heavy atom. The van der Waals surface area contributed by atoms with Crippen LogP contribution >= 0.6 is 46.7 Å². The highest BCUT2D eigenvalue weighted by molar-refractivity contribution is 8.00. The fourth-order valence-electron chi connectivity index (χ4n) is 4.29. The molecular formula is C31H32Cl2N6O4S2. The van der Waals surface area contributed by atoms with Gasteiger partial charge in [-0.3, -0.25) is 19.2 Å². The molecule has 45 heavy (non-hydrogen) atoms. The highest BCUT2D eigenvalue weighted by atomic mass is 35.5. The third-order valence-electron chi connectivity index (χ3n) is 6.26. The number of amides is 2. The maximum atomic E-state index is 12.5. The van der Waals surface area contributed by atoms with Gasteiger partial charge < -0.3 is 20.6 Å². The van der Waals surface area contributed by atoms with Gasteiger partial charge in [0.2, 0.25) is 11.8 Å². The average Bonchev–Trinajstić information content (AvgIpc) is 2.98. The number of hydrogen-bond donors (Lipinski definition) is 4. The first-order chi connectivity index (χ1) is 21.6. The number of H-pyrrole nitrogens is 2. The number of carbonyl (C=O) groups is 2. The van der Waals surface area contributed by atoms with Crippen LogP contribution in [0.1, 0.15) is 49.2 Å². The second-order valence-corrected chi connectivity index (χ2v) is 12.8. The predicted molar refractivity (Wildman–Crippen MR) is 182 cm³/mol. The fraction of sp³-hybridized carbons (Fsp3) is 0.290. The van der Waals surface area contributed by atoms with Gasteiger partial charge in [-0.25, -0.2) is 9.97 Å². The molecule has 0 aliphatic rings. The first kappa shape index (κ1) is 34.3. The molecule has 4 rings (SSSR count). The number of nitrogens with zero attached hydrogens (tertiary/aromatic N) is 2. The van der Waals surface area contributed by atoms with E-state index in [2.05, 4.69) is 30.6 Å². The van der Waals surface area contributed by atoms with E-state index in [9.17, 15) is 19.2 Å². The normalized spacial score (nSPS) is 10.9. The molecule has 0 saturated heterocycles. The fourth-order valence-corrected chi connectivity index (χ4v) is 6.18. The van der Waals surface area contributed by atoms with Crippen LogP contribution in [0.3, 0.4) is 0 Å². The van der Waals surface area contributed by atoms with Gasteiger partial charge in [-0.2, -0.15) is 0 Å². The topological polar surface area (TPSA) is 150 Å². The van der Waals surface area contributed by atoms with E-state index in [1.165, 1.54) is 12.1 Å². The Morgan fingerprint density at radius 3 is 1.51 bits per heavy atom. The number of nitrogens with one attached hydrogen (secondary N) is 4. The van der Waals surface area contributed by atoms with E-state index < -0.39 is 0 Å². The third-order valence-corrected chi connectivity index (χ3v) is 8.63. The number of rotatable bonds is 14. The summed E-state index contributed by atoms with van der Waals surface area (Å²) >= 11 is 15.2. The van der Waals surface area contributed by atoms with Crippen LogP contribution in [-0.2, 0) is 28.9 Å². The Morgan fingerprint density at radius 2 is 1.13 bits per heavy atom. The van der Waals surface area contributed by atoms with E-state index in [1.54, 1.807) is 24.3 Å². The van der Waals surface area contributed by atoms with Crippen LogP contribution in [0.4, 0.5) is 11.4 Å². The highest BCUT2D eigenvalue weighted by Gasteiger charge is 2.12. The number of benzene rings is 2. The molecule has 2 aromatic carbocycles. The molecule has 10 nitrogen and oxygen atoms in total. The molecule has 0 aliphatic heterocycles. The minimum atomic E-state index is -0.282. The van der Waals surface area contributed by atoms with E-state index in [-0.39, 0.29) is 34.4 Å². The van der Waals surface area contributed by atoms with Gasteiger partial charge in [0.1, 0.15) is 0 Å². The maximum Gasteiger partial charge on any atom is 0.251 e. The molecule has 236 valence electrons. The SMILES string of the molecule is CCCc1cc(=O)[nH]c(SCC(=O)Nc2ccc(Cc3ccc(NC(=O)CSc4nc(CCC)cc(=O)[nH]4)c(Cl)c3)cc2Cl)n1. The van der Waals surface area contributed by atoms with Gasteiger partial charge in [0, 0.05) is 23.5 Å². The van der Waals surface area contributed by atoms with Crippen molar-refractivity contribution in [2.45, 2.75) is 56.3 Å². The molecular weight excluding hydrogens is 655 g/mol. The van der Waals surface area contributed by atoms with Crippen molar-refractivity contribution in [3.63, 3.8) is 0 Å². The molecule has 2 heterocycles. The third kappa shape index (κ3) is 10.8. The molecule has 0 bridgehead atoms. The lowest BCUT2D eigenvalue weighted by Gasteiger charge is -2.11. The molecule has 0 radical (unpaired) electrons. The molecule has 0 fully saturated rings. The van der Waals surface area contributed by atoms with Crippen molar-refractivity contribution < 1.29 is 9.59 Å². The van der Waals surface area contributed by atoms with Crippen LogP contribution in [0.5, 0.6) is 0 Å². The maximum absolute atomic E-state index is 12.5. The summed E-state index contributed by atoms with van der Waals surface area (Å²) in [6.45, 7) is 4.01. The Hall–Kier alpha value is -3.58.